The van der Waals surface area contributed by atoms with Crippen LogP contribution in [-0.4, -0.2) is 71.8 Å². The zero-order valence-corrected chi connectivity index (χ0v) is 35.6. The standard InChI is InChI=1S/C45H67NO11/c1-44(2,3)56-42(51)35-29-34(30-36(31-35)43(52)57-45(4,5)6)41(54-8)46(28-27-39(48)49)38(47)21-19-17-15-13-11-9-10-12-14-16-18-20-22-40(50)55-32-33-23-25-37(53-7)26-24-33/h23-26,29-31,41H,9-22,27-28,32H2,1-8H3,(H,48,49). The van der Waals surface area contributed by atoms with Crippen LogP contribution in [0.2, 0.25) is 0 Å². The van der Waals surface area contributed by atoms with E-state index in [1.807, 2.05) is 24.3 Å². The maximum Gasteiger partial charge on any atom is 0.338 e. The molecule has 0 radical (unpaired) electrons. The average molecular weight is 798 g/mol. The van der Waals surface area contributed by atoms with E-state index >= 15 is 0 Å². The summed E-state index contributed by atoms with van der Waals surface area (Å²) in [4.78, 5) is 64.9. The predicted octanol–water partition coefficient (Wildman–Crippen LogP) is 9.76. The number of rotatable bonds is 26. The van der Waals surface area contributed by atoms with Gasteiger partial charge in [0.1, 0.15) is 23.6 Å². The summed E-state index contributed by atoms with van der Waals surface area (Å²) in [5.74, 6) is -2.08. The second-order valence-electron chi connectivity index (χ2n) is 16.4. The fourth-order valence-electron chi connectivity index (χ4n) is 6.15. The molecule has 1 N–H and O–H groups in total. The molecule has 12 nitrogen and oxygen atoms in total. The monoisotopic (exact) mass is 797 g/mol. The molecule has 0 heterocycles. The molecule has 0 aliphatic rings. The van der Waals surface area contributed by atoms with Gasteiger partial charge in [-0.25, -0.2) is 9.59 Å². The molecule has 0 saturated heterocycles. The van der Waals surface area contributed by atoms with Crippen LogP contribution >= 0.6 is 0 Å². The number of unbranched alkanes of at least 4 members (excludes halogenated alkanes) is 11. The molecule has 2 rings (SSSR count). The van der Waals surface area contributed by atoms with Gasteiger partial charge in [-0.05, 0) is 90.3 Å². The summed E-state index contributed by atoms with van der Waals surface area (Å²) in [7, 11) is 3.01. The molecule has 0 fully saturated rings. The van der Waals surface area contributed by atoms with E-state index in [0.717, 1.165) is 69.1 Å². The molecule has 0 spiro atoms. The molecule has 57 heavy (non-hydrogen) atoms. The van der Waals surface area contributed by atoms with E-state index in [1.165, 1.54) is 43.1 Å². The van der Waals surface area contributed by atoms with Crippen LogP contribution in [0.3, 0.4) is 0 Å². The van der Waals surface area contributed by atoms with E-state index in [1.54, 1.807) is 48.7 Å². The zero-order chi connectivity index (χ0) is 42.4. The number of carbonyl (C=O) groups excluding carboxylic acids is 4. The van der Waals surface area contributed by atoms with Crippen molar-refractivity contribution >= 4 is 29.8 Å². The van der Waals surface area contributed by atoms with Gasteiger partial charge in [0, 0.05) is 32.1 Å². The number of amides is 1. The van der Waals surface area contributed by atoms with Gasteiger partial charge in [0.05, 0.1) is 24.7 Å². The van der Waals surface area contributed by atoms with E-state index in [-0.39, 0.29) is 49.0 Å². The number of ether oxygens (including phenoxy) is 5. The number of nitrogens with zero attached hydrogens (tertiary/aromatic N) is 1. The van der Waals surface area contributed by atoms with Crippen LogP contribution in [0.15, 0.2) is 42.5 Å². The van der Waals surface area contributed by atoms with Crippen molar-refractivity contribution in [2.24, 2.45) is 0 Å². The lowest BCUT2D eigenvalue weighted by atomic mass is 10.0. The minimum absolute atomic E-state index is 0.0763. The van der Waals surface area contributed by atoms with Crippen molar-refractivity contribution in [1.82, 2.24) is 4.90 Å². The minimum atomic E-state index is -1.07. The fourth-order valence-corrected chi connectivity index (χ4v) is 6.15. The van der Waals surface area contributed by atoms with Gasteiger partial charge in [0.2, 0.25) is 5.91 Å². The van der Waals surface area contributed by atoms with Gasteiger partial charge in [-0.3, -0.25) is 14.4 Å². The third-order valence-electron chi connectivity index (χ3n) is 8.98. The number of aliphatic carboxylic acids is 1. The van der Waals surface area contributed by atoms with Crippen LogP contribution in [0.5, 0.6) is 5.75 Å². The fraction of sp³-hybridized carbons (Fsp3) is 0.622. The van der Waals surface area contributed by atoms with Crippen LogP contribution in [0.4, 0.5) is 0 Å². The Morgan fingerprint density at radius 3 is 1.51 bits per heavy atom. The maximum absolute atomic E-state index is 13.6. The minimum Gasteiger partial charge on any atom is -0.497 e. The van der Waals surface area contributed by atoms with E-state index in [0.29, 0.717) is 18.4 Å². The highest BCUT2D eigenvalue weighted by atomic mass is 16.6. The first kappa shape index (κ1) is 48.7. The van der Waals surface area contributed by atoms with Crippen molar-refractivity contribution < 1.29 is 52.8 Å². The Hall–Kier alpha value is -4.45. The van der Waals surface area contributed by atoms with Crippen molar-refractivity contribution in [3.8, 4) is 5.75 Å². The van der Waals surface area contributed by atoms with Crippen molar-refractivity contribution in [2.45, 2.75) is 162 Å². The molecule has 318 valence electrons. The van der Waals surface area contributed by atoms with Crippen LogP contribution in [0.1, 0.15) is 176 Å². The lowest BCUT2D eigenvalue weighted by Crippen LogP contribution is -2.37. The summed E-state index contributed by atoms with van der Waals surface area (Å²) in [5.41, 5.74) is -0.191. The number of methoxy groups -OCH3 is 2. The number of esters is 3. The number of carboxylic acids is 1. The molecule has 0 aliphatic heterocycles. The Labute approximate surface area is 339 Å². The topological polar surface area (TPSA) is 155 Å². The molecule has 1 atom stereocenters. The highest BCUT2D eigenvalue weighted by molar-refractivity contribution is 5.96. The second kappa shape index (κ2) is 25.0. The first-order chi connectivity index (χ1) is 26.9. The maximum atomic E-state index is 13.6. The molecule has 2 aromatic carbocycles. The van der Waals surface area contributed by atoms with Crippen molar-refractivity contribution in [3.63, 3.8) is 0 Å². The highest BCUT2D eigenvalue weighted by Gasteiger charge is 2.29. The molecular formula is C45H67NO11. The first-order valence-corrected chi connectivity index (χ1v) is 20.4. The van der Waals surface area contributed by atoms with E-state index in [4.69, 9.17) is 23.7 Å². The molecule has 0 aromatic heterocycles. The SMILES string of the molecule is COc1ccc(COC(=O)CCCCCCCCCCCCCCC(=O)N(CCC(=O)O)C(OC)c2cc(C(=O)OC(C)(C)C)cc(C(=O)OC(C)(C)C)c2)cc1. The summed E-state index contributed by atoms with van der Waals surface area (Å²) in [6, 6.07) is 11.9. The van der Waals surface area contributed by atoms with Crippen LogP contribution in [0, 0.1) is 0 Å². The molecule has 1 unspecified atom stereocenters. The Balaban J connectivity index is 1.80. The number of hydrogen-bond donors (Lipinski definition) is 1. The van der Waals surface area contributed by atoms with Crippen molar-refractivity contribution in [3.05, 3.63) is 64.7 Å². The first-order valence-electron chi connectivity index (χ1n) is 20.4. The highest BCUT2D eigenvalue weighted by Crippen LogP contribution is 2.28. The van der Waals surface area contributed by atoms with Gasteiger partial charge in [-0.15, -0.1) is 0 Å². The quantitative estimate of drug-likeness (QED) is 0.0419. The summed E-state index contributed by atoms with van der Waals surface area (Å²) in [5, 5.41) is 9.48. The Kier molecular flexibility index (Phi) is 21.4. The molecule has 0 aliphatic carbocycles. The second-order valence-corrected chi connectivity index (χ2v) is 16.4. The van der Waals surface area contributed by atoms with Gasteiger partial charge >= 0.3 is 23.9 Å². The number of carbonyl (C=O) groups is 5. The molecule has 0 saturated carbocycles. The van der Waals surface area contributed by atoms with E-state index in [2.05, 4.69) is 0 Å². The van der Waals surface area contributed by atoms with E-state index < -0.39 is 35.3 Å². The predicted molar refractivity (Wildman–Crippen MR) is 218 cm³/mol. The molecule has 1 amide bonds. The van der Waals surface area contributed by atoms with E-state index in [9.17, 15) is 29.1 Å². The summed E-state index contributed by atoms with van der Waals surface area (Å²) in [6.07, 6.45) is 11.5. The average Bonchev–Trinajstić information content (AvgIpc) is 3.14. The smallest absolute Gasteiger partial charge is 0.338 e. The Morgan fingerprint density at radius 1 is 0.632 bits per heavy atom. The van der Waals surface area contributed by atoms with Gasteiger partial charge in [-0.1, -0.05) is 76.3 Å². The third kappa shape index (κ3) is 20.5. The largest absolute Gasteiger partial charge is 0.497 e. The lowest BCUT2D eigenvalue weighted by molar-refractivity contribution is -0.148. The molecule has 12 heteroatoms. The van der Waals surface area contributed by atoms with Gasteiger partial charge in [-0.2, -0.15) is 0 Å². The van der Waals surface area contributed by atoms with Gasteiger partial charge in [0.15, 0.2) is 6.23 Å². The number of benzene rings is 2. The van der Waals surface area contributed by atoms with Crippen molar-refractivity contribution in [1.29, 1.82) is 0 Å². The van der Waals surface area contributed by atoms with Crippen LogP contribution in [-0.2, 0) is 39.9 Å². The van der Waals surface area contributed by atoms with Gasteiger partial charge in [0.25, 0.3) is 0 Å². The molecule has 0 bridgehead atoms. The molecule has 2 aromatic rings. The van der Waals surface area contributed by atoms with Crippen LogP contribution < -0.4 is 4.74 Å². The van der Waals surface area contributed by atoms with Crippen LogP contribution in [0.25, 0.3) is 0 Å². The van der Waals surface area contributed by atoms with Gasteiger partial charge < -0.3 is 33.7 Å². The third-order valence-corrected chi connectivity index (χ3v) is 8.98. The normalized spacial score (nSPS) is 12.1. The lowest BCUT2D eigenvalue weighted by Gasteiger charge is -2.31. The van der Waals surface area contributed by atoms with Crippen molar-refractivity contribution in [2.75, 3.05) is 20.8 Å². The Morgan fingerprint density at radius 2 is 1.09 bits per heavy atom. The number of carboxylic acid groups (broad SMARTS) is 1. The number of hydrogen-bond acceptors (Lipinski definition) is 10. The Bertz CT molecular complexity index is 1510. The summed E-state index contributed by atoms with van der Waals surface area (Å²) >= 11 is 0. The zero-order valence-electron chi connectivity index (χ0n) is 35.6. The summed E-state index contributed by atoms with van der Waals surface area (Å²) in [6.45, 7) is 10.5. The summed E-state index contributed by atoms with van der Waals surface area (Å²) < 4.78 is 27.4. The molecular weight excluding hydrogens is 730 g/mol.